The average Bonchev–Trinajstić information content (AvgIpc) is 2.56. The fraction of sp³-hybridized carbons (Fsp3) is 0.333. The maximum Gasteiger partial charge on any atom is 0.323 e. The third-order valence-corrected chi connectivity index (χ3v) is 3.86. The zero-order chi connectivity index (χ0) is 16.1. The van der Waals surface area contributed by atoms with Gasteiger partial charge in [-0.3, -0.25) is 5.32 Å². The van der Waals surface area contributed by atoms with Gasteiger partial charge in [0.1, 0.15) is 5.82 Å². The van der Waals surface area contributed by atoms with Gasteiger partial charge >= 0.3 is 6.03 Å². The Kier molecular flexibility index (Phi) is 4.88. The summed E-state index contributed by atoms with van der Waals surface area (Å²) in [4.78, 5) is 18.5. The van der Waals surface area contributed by atoms with Gasteiger partial charge in [-0.15, -0.1) is 0 Å². The summed E-state index contributed by atoms with van der Waals surface area (Å²) in [5.74, 6) is 0.584. The van der Waals surface area contributed by atoms with E-state index in [1.54, 1.807) is 11.0 Å². The van der Waals surface area contributed by atoms with Gasteiger partial charge in [-0.25, -0.2) is 9.78 Å². The summed E-state index contributed by atoms with van der Waals surface area (Å²) in [5.41, 5.74) is 2.10. The molecule has 1 atom stereocenters. The minimum Gasteiger partial charge on any atom is -0.374 e. The van der Waals surface area contributed by atoms with Crippen LogP contribution in [-0.2, 0) is 11.2 Å². The normalized spacial score (nSPS) is 17.8. The van der Waals surface area contributed by atoms with E-state index in [1.807, 2.05) is 37.3 Å². The Bertz CT molecular complexity index is 660. The van der Waals surface area contributed by atoms with E-state index in [2.05, 4.69) is 22.4 Å². The largest absolute Gasteiger partial charge is 0.374 e. The fourth-order valence-corrected chi connectivity index (χ4v) is 2.71. The van der Waals surface area contributed by atoms with Crippen LogP contribution in [0.25, 0.3) is 0 Å². The molecule has 1 aromatic carbocycles. The lowest BCUT2D eigenvalue weighted by Gasteiger charge is -2.33. The zero-order valence-electron chi connectivity index (χ0n) is 13.2. The number of aromatic nitrogens is 1. The number of hydrogen-bond acceptors (Lipinski definition) is 3. The molecule has 3 rings (SSSR count). The van der Waals surface area contributed by atoms with Gasteiger partial charge < -0.3 is 9.64 Å². The van der Waals surface area contributed by atoms with E-state index < -0.39 is 0 Å². The Morgan fingerprint density at radius 1 is 1.26 bits per heavy atom. The number of nitrogens with zero attached hydrogens (tertiary/aromatic N) is 2. The molecule has 1 saturated heterocycles. The van der Waals surface area contributed by atoms with Crippen LogP contribution in [0, 0.1) is 6.92 Å². The number of aryl methyl sites for hydroxylation is 1. The lowest BCUT2D eigenvalue weighted by atomic mass is 10.1. The third kappa shape index (κ3) is 4.29. The number of morpholine rings is 1. The van der Waals surface area contributed by atoms with Crippen molar-refractivity contribution >= 4 is 11.8 Å². The molecule has 0 spiro atoms. The predicted molar refractivity (Wildman–Crippen MR) is 89.5 cm³/mol. The first-order valence-corrected chi connectivity index (χ1v) is 7.86. The monoisotopic (exact) mass is 311 g/mol. The molecule has 0 unspecified atom stereocenters. The molecule has 1 aliphatic rings. The second kappa shape index (κ2) is 7.24. The van der Waals surface area contributed by atoms with Crippen molar-refractivity contribution in [1.82, 2.24) is 9.88 Å². The molecule has 5 nitrogen and oxygen atoms in total. The summed E-state index contributed by atoms with van der Waals surface area (Å²) in [7, 11) is 0. The van der Waals surface area contributed by atoms with Gasteiger partial charge in [0.2, 0.25) is 0 Å². The quantitative estimate of drug-likeness (QED) is 0.948. The Morgan fingerprint density at radius 3 is 2.87 bits per heavy atom. The van der Waals surface area contributed by atoms with Crippen molar-refractivity contribution in [3.63, 3.8) is 0 Å². The smallest absolute Gasteiger partial charge is 0.323 e. The molecule has 0 radical (unpaired) electrons. The number of pyridine rings is 1. The number of anilines is 1. The minimum absolute atomic E-state index is 0.0300. The van der Waals surface area contributed by atoms with Gasteiger partial charge in [0, 0.05) is 25.2 Å². The highest BCUT2D eigenvalue weighted by molar-refractivity contribution is 5.88. The van der Waals surface area contributed by atoms with E-state index in [9.17, 15) is 4.79 Å². The first kappa shape index (κ1) is 15.5. The van der Waals surface area contributed by atoms with Crippen molar-refractivity contribution < 1.29 is 9.53 Å². The molecule has 5 heteroatoms. The molecule has 1 aromatic heterocycles. The van der Waals surface area contributed by atoms with Crippen molar-refractivity contribution in [3.8, 4) is 0 Å². The van der Waals surface area contributed by atoms with Crippen LogP contribution in [0.1, 0.15) is 11.3 Å². The summed E-state index contributed by atoms with van der Waals surface area (Å²) in [5, 5.41) is 2.86. The van der Waals surface area contributed by atoms with E-state index in [0.717, 1.165) is 12.1 Å². The van der Waals surface area contributed by atoms with Crippen LogP contribution in [0.2, 0.25) is 0 Å². The summed E-state index contributed by atoms with van der Waals surface area (Å²) in [6.45, 7) is 3.65. The standard InChI is InChI=1S/C18H21N3O2/c1-14-6-5-9-17(19-14)20-18(22)21-10-11-23-16(13-21)12-15-7-3-2-4-8-15/h2-9,16H,10-13H2,1H3,(H,19,20,22)/t16-/m0/s1. The second-order valence-electron chi connectivity index (χ2n) is 5.72. The van der Waals surface area contributed by atoms with Crippen LogP contribution in [0.15, 0.2) is 48.5 Å². The van der Waals surface area contributed by atoms with Gasteiger partial charge in [-0.2, -0.15) is 0 Å². The number of nitrogens with one attached hydrogen (secondary N) is 1. The zero-order valence-corrected chi connectivity index (χ0v) is 13.2. The van der Waals surface area contributed by atoms with Gasteiger partial charge in [-0.05, 0) is 24.6 Å². The Labute approximate surface area is 136 Å². The molecule has 1 aliphatic heterocycles. The Morgan fingerprint density at radius 2 is 2.09 bits per heavy atom. The first-order chi connectivity index (χ1) is 11.2. The van der Waals surface area contributed by atoms with Crippen LogP contribution in [0.5, 0.6) is 0 Å². The highest BCUT2D eigenvalue weighted by Gasteiger charge is 2.24. The second-order valence-corrected chi connectivity index (χ2v) is 5.72. The number of hydrogen-bond donors (Lipinski definition) is 1. The number of amides is 2. The summed E-state index contributed by atoms with van der Waals surface area (Å²) in [6, 6.07) is 15.7. The van der Waals surface area contributed by atoms with Crippen molar-refractivity contribution in [2.45, 2.75) is 19.4 Å². The summed E-state index contributed by atoms with van der Waals surface area (Å²) < 4.78 is 5.79. The van der Waals surface area contributed by atoms with Crippen LogP contribution < -0.4 is 5.32 Å². The maximum absolute atomic E-state index is 12.4. The fourth-order valence-electron chi connectivity index (χ4n) is 2.71. The average molecular weight is 311 g/mol. The van der Waals surface area contributed by atoms with E-state index in [-0.39, 0.29) is 12.1 Å². The predicted octanol–water partition coefficient (Wildman–Crippen LogP) is 2.87. The van der Waals surface area contributed by atoms with Gasteiger partial charge in [0.15, 0.2) is 0 Å². The Hall–Kier alpha value is -2.40. The number of carbonyl (C=O) groups excluding carboxylic acids is 1. The molecule has 1 N–H and O–H groups in total. The topological polar surface area (TPSA) is 54.5 Å². The van der Waals surface area contributed by atoms with Crippen LogP contribution in [0.4, 0.5) is 10.6 Å². The van der Waals surface area contributed by atoms with Crippen molar-refractivity contribution in [2.75, 3.05) is 25.0 Å². The Balaban J connectivity index is 1.58. The number of rotatable bonds is 3. The summed E-state index contributed by atoms with van der Waals surface area (Å²) >= 11 is 0. The molecular formula is C18H21N3O2. The SMILES string of the molecule is Cc1cccc(NC(=O)N2CCO[C@@H](Cc3ccccc3)C2)n1. The van der Waals surface area contributed by atoms with E-state index >= 15 is 0 Å². The molecule has 1 fully saturated rings. The van der Waals surface area contributed by atoms with E-state index in [1.165, 1.54) is 5.56 Å². The van der Waals surface area contributed by atoms with Crippen LogP contribution in [0.3, 0.4) is 0 Å². The maximum atomic E-state index is 12.4. The summed E-state index contributed by atoms with van der Waals surface area (Å²) in [6.07, 6.45) is 0.843. The molecule has 0 bridgehead atoms. The molecular weight excluding hydrogens is 290 g/mol. The molecule has 0 saturated carbocycles. The lowest BCUT2D eigenvalue weighted by molar-refractivity contribution is -0.0113. The van der Waals surface area contributed by atoms with Crippen molar-refractivity contribution in [1.29, 1.82) is 0 Å². The highest BCUT2D eigenvalue weighted by atomic mass is 16.5. The first-order valence-electron chi connectivity index (χ1n) is 7.86. The number of benzene rings is 1. The van der Waals surface area contributed by atoms with Gasteiger partial charge in [0.05, 0.1) is 12.7 Å². The van der Waals surface area contributed by atoms with Crippen LogP contribution in [-0.4, -0.2) is 41.7 Å². The lowest BCUT2D eigenvalue weighted by Crippen LogP contribution is -2.48. The highest BCUT2D eigenvalue weighted by Crippen LogP contribution is 2.13. The van der Waals surface area contributed by atoms with Crippen LogP contribution >= 0.6 is 0 Å². The minimum atomic E-state index is -0.121. The van der Waals surface area contributed by atoms with Gasteiger partial charge in [-0.1, -0.05) is 36.4 Å². The molecule has 2 heterocycles. The molecule has 0 aliphatic carbocycles. The molecule has 120 valence electrons. The molecule has 2 amide bonds. The van der Waals surface area contributed by atoms with E-state index in [4.69, 9.17) is 4.74 Å². The number of ether oxygens (including phenoxy) is 1. The van der Waals surface area contributed by atoms with Gasteiger partial charge in [0.25, 0.3) is 0 Å². The number of urea groups is 1. The molecule has 23 heavy (non-hydrogen) atoms. The van der Waals surface area contributed by atoms with Crippen molar-refractivity contribution in [3.05, 3.63) is 59.8 Å². The van der Waals surface area contributed by atoms with Crippen molar-refractivity contribution in [2.24, 2.45) is 0 Å². The van der Waals surface area contributed by atoms with E-state index in [0.29, 0.717) is 25.5 Å². The molecule has 2 aromatic rings. The number of carbonyl (C=O) groups is 1. The third-order valence-electron chi connectivity index (χ3n) is 3.86.